The molecule has 4 aliphatic heterocycles. The fourth-order valence-electron chi connectivity index (χ4n) is 6.75. The van der Waals surface area contributed by atoms with Crippen molar-refractivity contribution in [2.75, 3.05) is 59.2 Å². The van der Waals surface area contributed by atoms with Gasteiger partial charge in [-0.25, -0.2) is 0 Å². The van der Waals surface area contributed by atoms with Crippen molar-refractivity contribution in [3.8, 4) is 0 Å². The van der Waals surface area contributed by atoms with Crippen LogP contribution in [0.3, 0.4) is 0 Å². The van der Waals surface area contributed by atoms with Crippen LogP contribution in [0.4, 0.5) is 0 Å². The van der Waals surface area contributed by atoms with E-state index in [0.717, 1.165) is 25.9 Å². The lowest BCUT2D eigenvalue weighted by molar-refractivity contribution is -0.154. The van der Waals surface area contributed by atoms with Crippen molar-refractivity contribution < 1.29 is 29.0 Å². The minimum atomic E-state index is -0.747. The highest BCUT2D eigenvalue weighted by Gasteiger charge is 2.75. The Labute approximate surface area is 230 Å². The number of thioether (sulfide) groups is 1. The summed E-state index contributed by atoms with van der Waals surface area (Å²) < 4.78 is 10.2. The molecule has 212 valence electrons. The summed E-state index contributed by atoms with van der Waals surface area (Å²) in [5, 5.41) is 10.4. The number of fused-ring (bicyclic) bond motifs is 1. The molecule has 0 radical (unpaired) electrons. The van der Waals surface area contributed by atoms with Crippen LogP contribution < -0.4 is 0 Å². The summed E-state index contributed by atoms with van der Waals surface area (Å²) >= 11 is 1.62. The number of likely N-dealkylation sites (tertiary alicyclic amines) is 1. The highest BCUT2D eigenvalue weighted by molar-refractivity contribution is 8.02. The van der Waals surface area contributed by atoms with Crippen LogP contribution in [0, 0.1) is 17.8 Å². The summed E-state index contributed by atoms with van der Waals surface area (Å²) in [5.74, 6) is -1.97. The number of aliphatic hydroxyl groups excluding tert-OH is 1. The molecular formula is C28H43N3O6S. The molecule has 4 rings (SSSR count). The van der Waals surface area contributed by atoms with E-state index < -0.39 is 34.6 Å². The summed E-state index contributed by atoms with van der Waals surface area (Å²) in [6.45, 7) is 16.0. The van der Waals surface area contributed by atoms with E-state index in [4.69, 9.17) is 9.47 Å². The Balaban J connectivity index is 1.68. The number of hydrogen-bond donors (Lipinski definition) is 1. The molecule has 38 heavy (non-hydrogen) atoms. The first-order valence-electron chi connectivity index (χ1n) is 13.9. The molecule has 4 heterocycles. The Bertz CT molecular complexity index is 911. The van der Waals surface area contributed by atoms with Gasteiger partial charge in [-0.05, 0) is 18.8 Å². The topological polar surface area (TPSA) is 99.6 Å². The van der Waals surface area contributed by atoms with Crippen molar-refractivity contribution in [3.63, 3.8) is 0 Å². The van der Waals surface area contributed by atoms with Gasteiger partial charge in [0.1, 0.15) is 12.6 Å². The molecule has 0 aromatic heterocycles. The smallest absolute Gasteiger partial charge is 0.311 e. The Hall–Kier alpha value is -1.88. The second-order valence-electron chi connectivity index (χ2n) is 10.9. The summed E-state index contributed by atoms with van der Waals surface area (Å²) in [5.41, 5.74) is 0. The van der Waals surface area contributed by atoms with Crippen molar-refractivity contribution in [1.29, 1.82) is 0 Å². The molecule has 4 aliphatic rings. The molecule has 10 heteroatoms. The maximum atomic E-state index is 14.5. The van der Waals surface area contributed by atoms with Gasteiger partial charge in [0.15, 0.2) is 0 Å². The van der Waals surface area contributed by atoms with Crippen LogP contribution in [0.25, 0.3) is 0 Å². The monoisotopic (exact) mass is 549 g/mol. The van der Waals surface area contributed by atoms with Gasteiger partial charge in [0, 0.05) is 38.0 Å². The van der Waals surface area contributed by atoms with Crippen molar-refractivity contribution in [2.24, 2.45) is 17.8 Å². The molecule has 9 nitrogen and oxygen atoms in total. The lowest BCUT2D eigenvalue weighted by Gasteiger charge is -2.41. The molecule has 0 aromatic rings. The van der Waals surface area contributed by atoms with Crippen LogP contribution in [0.15, 0.2) is 25.3 Å². The van der Waals surface area contributed by atoms with Crippen LogP contribution >= 0.6 is 11.8 Å². The number of esters is 1. The lowest BCUT2D eigenvalue weighted by Crippen LogP contribution is -2.59. The molecule has 0 aliphatic carbocycles. The van der Waals surface area contributed by atoms with Crippen LogP contribution in [-0.4, -0.2) is 119 Å². The number of aliphatic hydroxyl groups is 1. The summed E-state index contributed by atoms with van der Waals surface area (Å²) in [4.78, 5) is 47.6. The fraction of sp³-hybridized carbons (Fsp3) is 0.750. The van der Waals surface area contributed by atoms with E-state index in [-0.39, 0.29) is 36.2 Å². The first kappa shape index (κ1) is 29.1. The number of morpholine rings is 1. The van der Waals surface area contributed by atoms with Crippen LogP contribution in [0.2, 0.25) is 0 Å². The molecule has 2 amide bonds. The quantitative estimate of drug-likeness (QED) is 0.273. The van der Waals surface area contributed by atoms with Gasteiger partial charge in [0.05, 0.1) is 42.4 Å². The van der Waals surface area contributed by atoms with Gasteiger partial charge in [0.2, 0.25) is 11.8 Å². The van der Waals surface area contributed by atoms with E-state index in [0.29, 0.717) is 39.3 Å². The van der Waals surface area contributed by atoms with E-state index >= 15 is 0 Å². The Morgan fingerprint density at radius 3 is 2.68 bits per heavy atom. The zero-order valence-corrected chi connectivity index (χ0v) is 23.6. The molecule has 1 spiro atoms. The van der Waals surface area contributed by atoms with Crippen molar-refractivity contribution in [3.05, 3.63) is 25.3 Å². The maximum absolute atomic E-state index is 14.5. The zero-order valence-electron chi connectivity index (χ0n) is 22.8. The number of nitrogens with zero attached hydrogens (tertiary/aromatic N) is 3. The van der Waals surface area contributed by atoms with E-state index in [1.54, 1.807) is 27.6 Å². The van der Waals surface area contributed by atoms with Crippen LogP contribution in [0.1, 0.15) is 33.1 Å². The fourth-order valence-corrected chi connectivity index (χ4v) is 8.94. The highest BCUT2D eigenvalue weighted by atomic mass is 32.2. The van der Waals surface area contributed by atoms with Gasteiger partial charge in [0.25, 0.3) is 0 Å². The van der Waals surface area contributed by atoms with Crippen molar-refractivity contribution >= 4 is 29.5 Å². The first-order chi connectivity index (χ1) is 18.3. The standard InChI is InChI=1S/C28H43N3O6S/c1-5-10-30(12-11-29-13-16-36-17-14-29)26(34)24-28-9-8-21(38-28)22(27(35)37-15-6-2)23(28)25(33)31(24)20(18-32)19(4)7-3/h5-6,19-24,32H,1-2,7-18H2,3-4H3/t19-,20-,21-,22+,23-,24?,28?/m0/s1. The van der Waals surface area contributed by atoms with Gasteiger partial charge in [-0.1, -0.05) is 39.0 Å². The molecule has 1 N–H and O–H groups in total. The number of carbonyl (C=O) groups excluding carboxylic acids is 3. The summed E-state index contributed by atoms with van der Waals surface area (Å²) in [6.07, 6.45) is 5.43. The first-order valence-corrected chi connectivity index (χ1v) is 14.8. The van der Waals surface area contributed by atoms with Crippen LogP contribution in [-0.2, 0) is 23.9 Å². The Morgan fingerprint density at radius 1 is 1.32 bits per heavy atom. The van der Waals surface area contributed by atoms with E-state index in [1.165, 1.54) is 6.08 Å². The Morgan fingerprint density at radius 2 is 2.05 bits per heavy atom. The zero-order chi connectivity index (χ0) is 27.4. The molecule has 2 unspecified atom stereocenters. The second-order valence-corrected chi connectivity index (χ2v) is 12.5. The normalized spacial score (nSPS) is 32.1. The largest absolute Gasteiger partial charge is 0.461 e. The van der Waals surface area contributed by atoms with E-state index in [1.807, 2.05) is 13.8 Å². The number of amides is 2. The van der Waals surface area contributed by atoms with Gasteiger partial charge >= 0.3 is 5.97 Å². The third kappa shape index (κ3) is 5.17. The summed E-state index contributed by atoms with van der Waals surface area (Å²) in [7, 11) is 0. The third-order valence-corrected chi connectivity index (χ3v) is 10.8. The van der Waals surface area contributed by atoms with Crippen molar-refractivity contribution in [2.45, 2.75) is 55.2 Å². The van der Waals surface area contributed by atoms with Gasteiger partial charge in [-0.2, -0.15) is 0 Å². The predicted octanol–water partition coefficient (Wildman–Crippen LogP) is 1.56. The number of rotatable bonds is 13. The summed E-state index contributed by atoms with van der Waals surface area (Å²) in [6, 6.07) is -1.25. The van der Waals surface area contributed by atoms with Crippen LogP contribution in [0.5, 0.6) is 0 Å². The third-order valence-electron chi connectivity index (χ3n) is 8.88. The molecule has 2 bridgehead atoms. The molecule has 4 saturated heterocycles. The molecule has 7 atom stereocenters. The minimum Gasteiger partial charge on any atom is -0.461 e. The average Bonchev–Trinajstić information content (AvgIpc) is 3.58. The predicted molar refractivity (Wildman–Crippen MR) is 146 cm³/mol. The molecular weight excluding hydrogens is 506 g/mol. The van der Waals surface area contributed by atoms with Gasteiger partial charge < -0.3 is 24.4 Å². The molecule has 0 saturated carbocycles. The van der Waals surface area contributed by atoms with E-state index in [2.05, 4.69) is 18.1 Å². The maximum Gasteiger partial charge on any atom is 0.311 e. The number of hydrogen-bond acceptors (Lipinski definition) is 8. The number of carbonyl (C=O) groups is 3. The second kappa shape index (κ2) is 12.5. The minimum absolute atomic E-state index is 0.0101. The SMILES string of the molecule is C=CCOC(=O)[C@@H]1[C@@H]2CCC3(S2)C(C(=O)N(CC=C)CCN2CCOCC2)N([C@@H](CO)[C@@H](C)CC)C(=O)[C@H]13. The highest BCUT2D eigenvalue weighted by Crippen LogP contribution is 2.67. The van der Waals surface area contributed by atoms with Gasteiger partial charge in [-0.15, -0.1) is 18.3 Å². The average molecular weight is 550 g/mol. The Kier molecular flexibility index (Phi) is 9.60. The van der Waals surface area contributed by atoms with Gasteiger partial charge in [-0.3, -0.25) is 19.3 Å². The van der Waals surface area contributed by atoms with Crippen molar-refractivity contribution in [1.82, 2.24) is 14.7 Å². The number of ether oxygens (including phenoxy) is 2. The molecule has 0 aromatic carbocycles. The lowest BCUT2D eigenvalue weighted by atomic mass is 9.71. The molecule has 4 fully saturated rings. The van der Waals surface area contributed by atoms with E-state index in [9.17, 15) is 19.5 Å².